The lowest BCUT2D eigenvalue weighted by Crippen LogP contribution is -2.21. The number of hydrogen-bond acceptors (Lipinski definition) is 10. The van der Waals surface area contributed by atoms with Gasteiger partial charge in [-0.25, -0.2) is 4.79 Å². The Hall–Kier alpha value is -4.82. The number of benzene rings is 2. The molecule has 1 N–H and O–H groups in total. The molecule has 0 heterocycles. The molecule has 0 saturated carbocycles. The highest BCUT2D eigenvalue weighted by Crippen LogP contribution is 2.39. The summed E-state index contributed by atoms with van der Waals surface area (Å²) in [7, 11) is 2.63. The zero-order chi connectivity index (χ0) is 24.0. The van der Waals surface area contributed by atoms with Crippen molar-refractivity contribution in [3.05, 3.63) is 67.4 Å². The first kappa shape index (κ1) is 23.5. The first-order valence-electron chi connectivity index (χ1n) is 8.58. The molecule has 0 spiro atoms. The van der Waals surface area contributed by atoms with Crippen LogP contribution in [0.5, 0.6) is 11.5 Å². The Morgan fingerprint density at radius 3 is 2.03 bits per heavy atom. The van der Waals surface area contributed by atoms with Crippen LogP contribution in [-0.4, -0.2) is 45.8 Å². The number of hydrazine groups is 1. The van der Waals surface area contributed by atoms with Gasteiger partial charge in [-0.15, -0.1) is 0 Å². The molecule has 15 heteroatoms. The maximum Gasteiger partial charge on any atom is 0.343 e. The van der Waals surface area contributed by atoms with E-state index in [0.717, 1.165) is 5.01 Å². The number of carbonyl (C=O) groups is 2. The molecule has 0 unspecified atom stereocenters. The normalized spacial score (nSPS) is 10.8. The third kappa shape index (κ3) is 5.85. The predicted molar refractivity (Wildman–Crippen MR) is 106 cm³/mol. The van der Waals surface area contributed by atoms with E-state index in [9.17, 15) is 35.0 Å². The van der Waals surface area contributed by atoms with Gasteiger partial charge in [0.25, 0.3) is 0 Å². The molecule has 2 aromatic rings. The van der Waals surface area contributed by atoms with Crippen molar-refractivity contribution in [3.8, 4) is 11.5 Å². The van der Waals surface area contributed by atoms with Crippen LogP contribution in [0.15, 0.2) is 41.7 Å². The molecule has 32 heavy (non-hydrogen) atoms. The van der Waals surface area contributed by atoms with Gasteiger partial charge in [-0.2, -0.15) is 5.01 Å². The highest BCUT2D eigenvalue weighted by molar-refractivity contribution is 5.93. The topological polar surface area (TPSA) is 193 Å². The van der Waals surface area contributed by atoms with E-state index in [0.29, 0.717) is 17.8 Å². The van der Waals surface area contributed by atoms with Gasteiger partial charge in [-0.1, -0.05) is 0 Å². The molecule has 0 bridgehead atoms. The maximum absolute atomic E-state index is 12.4. The van der Waals surface area contributed by atoms with Crippen molar-refractivity contribution in [2.75, 3.05) is 19.4 Å². The molecule has 0 fully saturated rings. The van der Waals surface area contributed by atoms with Gasteiger partial charge in [-0.05, 0) is 24.3 Å². The smallest absolute Gasteiger partial charge is 0.343 e. The Balaban J connectivity index is 2.42. The van der Waals surface area contributed by atoms with E-state index in [-0.39, 0.29) is 16.4 Å². The number of hydrogen-bond donors (Lipinski definition) is 1. The van der Waals surface area contributed by atoms with Gasteiger partial charge >= 0.3 is 17.3 Å². The number of nitro groups is 2. The maximum atomic E-state index is 12.4. The SMILES string of the molecule is CC(=O)Nc1ccc(C(=O)Oc2cc(O/N=[N+](\[O-])N(C)C)c([N+](=O)[O-])cc2[N+](=O)[O-])cc1. The number of esters is 1. The van der Waals surface area contributed by atoms with Crippen LogP contribution in [0.25, 0.3) is 0 Å². The molecule has 0 atom stereocenters. The van der Waals surface area contributed by atoms with Gasteiger partial charge in [0.2, 0.25) is 22.7 Å². The van der Waals surface area contributed by atoms with E-state index in [2.05, 4.69) is 10.6 Å². The molecule has 2 rings (SSSR count). The van der Waals surface area contributed by atoms with Crippen molar-refractivity contribution in [2.24, 2.45) is 5.28 Å². The van der Waals surface area contributed by atoms with Crippen LogP contribution in [0.1, 0.15) is 17.3 Å². The summed E-state index contributed by atoms with van der Waals surface area (Å²) in [4.78, 5) is 48.8. The zero-order valence-corrected chi connectivity index (χ0v) is 16.9. The number of anilines is 1. The average Bonchev–Trinajstić information content (AvgIpc) is 2.71. The van der Waals surface area contributed by atoms with Gasteiger partial charge in [0.1, 0.15) is 6.07 Å². The first-order valence-corrected chi connectivity index (χ1v) is 8.58. The predicted octanol–water partition coefficient (Wildman–Crippen LogP) is 2.41. The molecule has 1 amide bonds. The third-order valence-electron chi connectivity index (χ3n) is 3.63. The molecule has 15 nitrogen and oxygen atoms in total. The van der Waals surface area contributed by atoms with Crippen LogP contribution in [0.4, 0.5) is 17.1 Å². The first-order chi connectivity index (χ1) is 15.0. The van der Waals surface area contributed by atoms with E-state index in [4.69, 9.17) is 9.57 Å². The fourth-order valence-electron chi connectivity index (χ4n) is 2.18. The molecular formula is C17H16N6O9. The number of amides is 1. The molecule has 0 aliphatic heterocycles. The van der Waals surface area contributed by atoms with Crippen molar-refractivity contribution in [3.63, 3.8) is 0 Å². The summed E-state index contributed by atoms with van der Waals surface area (Å²) in [5.74, 6) is -2.71. The van der Waals surface area contributed by atoms with Crippen molar-refractivity contribution in [1.82, 2.24) is 5.01 Å². The van der Waals surface area contributed by atoms with Crippen molar-refractivity contribution >= 4 is 28.9 Å². The standard InChI is InChI=1S/C17H16N6O9/c1-10(24)18-12-6-4-11(5-7-12)17(25)31-15-9-16(32-19-23(30)20(2)3)14(22(28)29)8-13(15)21(26)27/h4-9H,1-3H3,(H,18,24)/b23-19-. The van der Waals surface area contributed by atoms with Crippen molar-refractivity contribution in [2.45, 2.75) is 6.92 Å². The lowest BCUT2D eigenvalue weighted by atomic mass is 10.2. The minimum Gasteiger partial charge on any atom is -0.569 e. The molecule has 2 aromatic carbocycles. The second-order valence-electron chi connectivity index (χ2n) is 6.22. The molecule has 0 saturated heterocycles. The summed E-state index contributed by atoms with van der Waals surface area (Å²) in [6, 6.07) is 6.61. The summed E-state index contributed by atoms with van der Waals surface area (Å²) in [6.45, 7) is 1.30. The second kappa shape index (κ2) is 9.79. The molecular weight excluding hydrogens is 432 g/mol. The Labute approximate surface area is 179 Å². The highest BCUT2D eigenvalue weighted by atomic mass is 16.7. The van der Waals surface area contributed by atoms with Gasteiger partial charge < -0.3 is 15.3 Å². The number of nitrogens with one attached hydrogen (secondary N) is 1. The summed E-state index contributed by atoms with van der Waals surface area (Å²) in [6.07, 6.45) is 0. The van der Waals surface area contributed by atoms with Gasteiger partial charge in [0.15, 0.2) is 0 Å². The third-order valence-corrected chi connectivity index (χ3v) is 3.63. The number of carbonyl (C=O) groups excluding carboxylic acids is 2. The van der Waals surface area contributed by atoms with Crippen LogP contribution in [0.2, 0.25) is 0 Å². The monoisotopic (exact) mass is 448 g/mol. The fraction of sp³-hybridized carbons (Fsp3) is 0.176. The summed E-state index contributed by atoms with van der Waals surface area (Å²) in [5, 5.41) is 40.6. The number of nitro benzene ring substituents is 2. The van der Waals surface area contributed by atoms with E-state index in [1.54, 1.807) is 0 Å². The van der Waals surface area contributed by atoms with Crippen molar-refractivity contribution < 1.29 is 34.0 Å². The summed E-state index contributed by atoms with van der Waals surface area (Å²) in [5.41, 5.74) is -1.40. The lowest BCUT2D eigenvalue weighted by molar-refractivity contribution is -0.695. The van der Waals surface area contributed by atoms with E-state index >= 15 is 0 Å². The lowest BCUT2D eigenvalue weighted by Gasteiger charge is -2.08. The van der Waals surface area contributed by atoms with E-state index in [1.165, 1.54) is 45.3 Å². The van der Waals surface area contributed by atoms with Gasteiger partial charge in [0.05, 0.1) is 34.5 Å². The number of nitrogens with zero attached hydrogens (tertiary/aromatic N) is 5. The minimum absolute atomic E-state index is 0.0303. The van der Waals surface area contributed by atoms with E-state index < -0.39 is 38.7 Å². The molecule has 0 aliphatic carbocycles. The highest BCUT2D eigenvalue weighted by Gasteiger charge is 2.29. The quantitative estimate of drug-likeness (QED) is 0.156. The second-order valence-corrected chi connectivity index (χ2v) is 6.22. The van der Waals surface area contributed by atoms with E-state index in [1.807, 2.05) is 0 Å². The Bertz CT molecular complexity index is 1100. The number of rotatable bonds is 8. The van der Waals surface area contributed by atoms with Crippen LogP contribution in [0, 0.1) is 25.4 Å². The molecule has 0 aromatic heterocycles. The van der Waals surface area contributed by atoms with Gasteiger partial charge in [-0.3, -0.25) is 29.9 Å². The summed E-state index contributed by atoms with van der Waals surface area (Å²) < 4.78 is 5.03. The molecule has 168 valence electrons. The van der Waals surface area contributed by atoms with Crippen LogP contribution < -0.4 is 14.9 Å². The Kier molecular flexibility index (Phi) is 7.18. The molecule has 0 radical (unpaired) electrons. The molecule has 0 aliphatic rings. The Morgan fingerprint density at radius 2 is 1.53 bits per heavy atom. The Morgan fingerprint density at radius 1 is 0.969 bits per heavy atom. The largest absolute Gasteiger partial charge is 0.569 e. The van der Waals surface area contributed by atoms with Crippen LogP contribution >= 0.6 is 0 Å². The summed E-state index contributed by atoms with van der Waals surface area (Å²) >= 11 is 0. The van der Waals surface area contributed by atoms with Crippen LogP contribution in [0.3, 0.4) is 0 Å². The average molecular weight is 448 g/mol. The zero-order valence-electron chi connectivity index (χ0n) is 16.9. The van der Waals surface area contributed by atoms with Crippen LogP contribution in [-0.2, 0) is 4.79 Å². The minimum atomic E-state index is -1.03. The van der Waals surface area contributed by atoms with Crippen molar-refractivity contribution in [1.29, 1.82) is 0 Å². The van der Waals surface area contributed by atoms with Gasteiger partial charge in [0, 0.05) is 18.7 Å². The fourth-order valence-corrected chi connectivity index (χ4v) is 2.18. The number of ether oxygens (including phenoxy) is 1.